The van der Waals surface area contributed by atoms with Crippen molar-refractivity contribution in [3.05, 3.63) is 91.0 Å². The highest BCUT2D eigenvalue weighted by Crippen LogP contribution is 2.55. The molecule has 3 heteroatoms. The highest BCUT2D eigenvalue weighted by Gasteiger charge is 2.43. The first-order chi connectivity index (χ1) is 10.9. The molecule has 0 heterocycles. The van der Waals surface area contributed by atoms with E-state index in [1.54, 1.807) is 0 Å². The van der Waals surface area contributed by atoms with Gasteiger partial charge in [-0.2, -0.15) is 0 Å². The smallest absolute Gasteiger partial charge is 0.112 e. The second-order valence-corrected chi connectivity index (χ2v) is 9.16. The molecule has 0 radical (unpaired) electrons. The van der Waals surface area contributed by atoms with Gasteiger partial charge in [0, 0.05) is 0 Å². The third-order valence-electron chi connectivity index (χ3n) is 4.15. The van der Waals surface area contributed by atoms with E-state index in [1.807, 2.05) is 0 Å². The average molecular weight is 378 g/mol. The molecule has 0 fully saturated rings. The highest BCUT2D eigenvalue weighted by molar-refractivity contribution is 7.95. The molecule has 0 unspecified atom stereocenters. The SMILES string of the molecule is CCC[P+](c1ccccc1)(c1ccccc1)c1ccccc1.Cl.Cl. The quantitative estimate of drug-likeness (QED) is 0.533. The standard InChI is InChI=1S/C21H22P.2ClH/c1-2-18-22(19-12-6-3-7-13-19,20-14-8-4-9-15-20)21-16-10-5-11-17-21;;/h3-17H,2,18H2,1H3;2*1H/q+1;;. The summed E-state index contributed by atoms with van der Waals surface area (Å²) in [6, 6.07) is 33.2. The number of rotatable bonds is 5. The summed E-state index contributed by atoms with van der Waals surface area (Å²) in [6.07, 6.45) is 2.40. The maximum atomic E-state index is 2.31. The molecule has 3 aromatic carbocycles. The van der Waals surface area contributed by atoms with Crippen LogP contribution in [0.5, 0.6) is 0 Å². The van der Waals surface area contributed by atoms with Gasteiger partial charge in [0.15, 0.2) is 0 Å². The van der Waals surface area contributed by atoms with Crippen LogP contribution < -0.4 is 15.9 Å². The molecule has 0 bridgehead atoms. The maximum absolute atomic E-state index is 2.31. The summed E-state index contributed by atoms with van der Waals surface area (Å²) in [4.78, 5) is 0. The van der Waals surface area contributed by atoms with Crippen molar-refractivity contribution in [2.45, 2.75) is 13.3 Å². The zero-order chi connectivity index (χ0) is 15.3. The first kappa shape index (κ1) is 20.7. The Morgan fingerprint density at radius 1 is 0.542 bits per heavy atom. The number of hydrogen-bond acceptors (Lipinski definition) is 0. The van der Waals surface area contributed by atoms with Crippen LogP contribution in [0.2, 0.25) is 0 Å². The molecular formula is C21H24Cl2P+. The lowest BCUT2D eigenvalue weighted by Crippen LogP contribution is -2.33. The predicted molar refractivity (Wildman–Crippen MR) is 115 cm³/mol. The zero-order valence-corrected chi connectivity index (χ0v) is 16.4. The van der Waals surface area contributed by atoms with Crippen LogP contribution in [0, 0.1) is 0 Å². The molecule has 3 rings (SSSR count). The lowest BCUT2D eigenvalue weighted by Gasteiger charge is -2.27. The summed E-state index contributed by atoms with van der Waals surface area (Å²) in [5.74, 6) is 0. The van der Waals surface area contributed by atoms with Crippen molar-refractivity contribution in [3.63, 3.8) is 0 Å². The van der Waals surface area contributed by atoms with Gasteiger partial charge in [0.05, 0.1) is 6.16 Å². The van der Waals surface area contributed by atoms with Crippen LogP contribution in [-0.4, -0.2) is 6.16 Å². The summed E-state index contributed by atoms with van der Waals surface area (Å²) < 4.78 is 0. The number of hydrogen-bond donors (Lipinski definition) is 0. The Morgan fingerprint density at radius 3 is 1.08 bits per heavy atom. The lowest BCUT2D eigenvalue weighted by atomic mass is 10.4. The predicted octanol–water partition coefficient (Wildman–Crippen LogP) is 5.23. The van der Waals surface area contributed by atoms with Crippen molar-refractivity contribution < 1.29 is 0 Å². The second kappa shape index (κ2) is 9.84. The molecule has 0 saturated heterocycles. The van der Waals surface area contributed by atoms with Crippen LogP contribution in [0.1, 0.15) is 13.3 Å². The van der Waals surface area contributed by atoms with Gasteiger partial charge in [0.25, 0.3) is 0 Å². The van der Waals surface area contributed by atoms with Crippen molar-refractivity contribution in [1.29, 1.82) is 0 Å². The van der Waals surface area contributed by atoms with Crippen molar-refractivity contribution in [2.24, 2.45) is 0 Å². The van der Waals surface area contributed by atoms with Gasteiger partial charge in [-0.3, -0.25) is 0 Å². The fourth-order valence-corrected chi connectivity index (χ4v) is 7.60. The molecule has 0 aromatic heterocycles. The van der Waals surface area contributed by atoms with Gasteiger partial charge in [-0.25, -0.2) is 0 Å². The van der Waals surface area contributed by atoms with Gasteiger partial charge in [-0.05, 0) is 42.8 Å². The van der Waals surface area contributed by atoms with Crippen molar-refractivity contribution >= 4 is 48.0 Å². The Balaban J connectivity index is 0.00000144. The number of halogens is 2. The third-order valence-corrected chi connectivity index (χ3v) is 8.81. The van der Waals surface area contributed by atoms with Crippen LogP contribution in [0.4, 0.5) is 0 Å². The highest BCUT2D eigenvalue weighted by atomic mass is 35.5. The molecule has 0 saturated carbocycles. The summed E-state index contributed by atoms with van der Waals surface area (Å²) >= 11 is 0. The van der Waals surface area contributed by atoms with E-state index >= 15 is 0 Å². The van der Waals surface area contributed by atoms with Gasteiger partial charge >= 0.3 is 0 Å². The van der Waals surface area contributed by atoms with Gasteiger partial charge in [-0.15, -0.1) is 24.8 Å². The fourth-order valence-electron chi connectivity index (χ4n) is 3.22. The molecule has 0 aliphatic carbocycles. The molecular weight excluding hydrogens is 354 g/mol. The van der Waals surface area contributed by atoms with Crippen molar-refractivity contribution in [3.8, 4) is 0 Å². The summed E-state index contributed by atoms with van der Waals surface area (Å²) in [5.41, 5.74) is 0. The molecule has 0 N–H and O–H groups in total. The van der Waals surface area contributed by atoms with E-state index < -0.39 is 7.26 Å². The van der Waals surface area contributed by atoms with Crippen molar-refractivity contribution in [2.75, 3.05) is 6.16 Å². The fraction of sp³-hybridized carbons (Fsp3) is 0.143. The lowest BCUT2D eigenvalue weighted by molar-refractivity contribution is 1.10. The molecule has 24 heavy (non-hydrogen) atoms. The van der Waals surface area contributed by atoms with E-state index in [2.05, 4.69) is 97.9 Å². The molecule has 3 aromatic rings. The summed E-state index contributed by atoms with van der Waals surface area (Å²) in [5, 5.41) is 4.44. The average Bonchev–Trinajstić information content (AvgIpc) is 2.62. The van der Waals surface area contributed by atoms with E-state index in [9.17, 15) is 0 Å². The van der Waals surface area contributed by atoms with Crippen LogP contribution >= 0.6 is 32.1 Å². The molecule has 0 nitrogen and oxygen atoms in total. The Morgan fingerprint density at radius 2 is 0.833 bits per heavy atom. The second-order valence-electron chi connectivity index (χ2n) is 5.54. The topological polar surface area (TPSA) is 0 Å². The van der Waals surface area contributed by atoms with Crippen LogP contribution in [0.15, 0.2) is 91.0 Å². The minimum Gasteiger partial charge on any atom is -0.147 e. The third kappa shape index (κ3) is 4.01. The van der Waals surface area contributed by atoms with Crippen molar-refractivity contribution in [1.82, 2.24) is 0 Å². The van der Waals surface area contributed by atoms with Gasteiger partial charge in [0.2, 0.25) is 0 Å². The summed E-state index contributed by atoms with van der Waals surface area (Å²) in [6.45, 7) is 2.30. The maximum Gasteiger partial charge on any atom is 0.112 e. The largest absolute Gasteiger partial charge is 0.147 e. The monoisotopic (exact) mass is 377 g/mol. The molecule has 0 atom stereocenters. The summed E-state index contributed by atoms with van der Waals surface area (Å²) in [7, 11) is -1.55. The van der Waals surface area contributed by atoms with Gasteiger partial charge in [0.1, 0.15) is 23.2 Å². The molecule has 0 amide bonds. The van der Waals surface area contributed by atoms with E-state index in [1.165, 1.54) is 28.5 Å². The van der Waals surface area contributed by atoms with E-state index in [0.717, 1.165) is 0 Å². The Labute approximate surface area is 158 Å². The number of benzene rings is 3. The molecule has 0 aliphatic heterocycles. The van der Waals surface area contributed by atoms with Gasteiger partial charge < -0.3 is 0 Å². The van der Waals surface area contributed by atoms with E-state index in [-0.39, 0.29) is 24.8 Å². The van der Waals surface area contributed by atoms with E-state index in [0.29, 0.717) is 0 Å². The normalized spacial score (nSPS) is 10.4. The first-order valence-electron chi connectivity index (χ1n) is 7.93. The van der Waals surface area contributed by atoms with E-state index in [4.69, 9.17) is 0 Å². The van der Waals surface area contributed by atoms with Crippen LogP contribution in [-0.2, 0) is 0 Å². The molecule has 126 valence electrons. The van der Waals surface area contributed by atoms with Crippen LogP contribution in [0.25, 0.3) is 0 Å². The van der Waals surface area contributed by atoms with Gasteiger partial charge in [-0.1, -0.05) is 61.5 Å². The Hall–Kier alpha value is -1.33. The molecule has 0 aliphatic rings. The molecule has 0 spiro atoms. The Bertz CT molecular complexity index is 603. The zero-order valence-electron chi connectivity index (χ0n) is 13.8. The minimum absolute atomic E-state index is 0. The first-order valence-corrected chi connectivity index (χ1v) is 9.90. The van der Waals surface area contributed by atoms with Crippen LogP contribution in [0.3, 0.4) is 0 Å². The Kier molecular flexibility index (Phi) is 8.50. The minimum atomic E-state index is -1.55.